The van der Waals surface area contributed by atoms with Crippen LogP contribution in [0.5, 0.6) is 0 Å². The van der Waals surface area contributed by atoms with Gasteiger partial charge in [-0.15, -0.1) is 0 Å². The van der Waals surface area contributed by atoms with Crippen molar-refractivity contribution in [2.24, 2.45) is 16.8 Å². The molecule has 33 heavy (non-hydrogen) atoms. The Morgan fingerprint density at radius 1 is 1.03 bits per heavy atom. The third-order valence-corrected chi connectivity index (χ3v) is 6.58. The average molecular weight is 464 g/mol. The second-order valence-electron chi connectivity index (χ2n) is 10.4. The Morgan fingerprint density at radius 3 is 2.36 bits per heavy atom. The van der Waals surface area contributed by atoms with Gasteiger partial charge in [0.2, 0.25) is 0 Å². The SMILES string of the molecule is CC(C)C1=NC(C)(C)CN1C(c1cc2cc(Cl)ccc2c(=O)n1Cc1ccccc1)C(C)C. The van der Waals surface area contributed by atoms with Gasteiger partial charge in [-0.1, -0.05) is 69.6 Å². The minimum Gasteiger partial charge on any atom is -0.349 e. The molecule has 0 saturated heterocycles. The summed E-state index contributed by atoms with van der Waals surface area (Å²) in [7, 11) is 0. The third kappa shape index (κ3) is 4.72. The summed E-state index contributed by atoms with van der Waals surface area (Å²) in [5, 5.41) is 2.22. The quantitative estimate of drug-likeness (QED) is 0.415. The highest BCUT2D eigenvalue weighted by molar-refractivity contribution is 6.31. The predicted molar refractivity (Wildman–Crippen MR) is 139 cm³/mol. The zero-order valence-corrected chi connectivity index (χ0v) is 21.2. The maximum absolute atomic E-state index is 13.8. The van der Waals surface area contributed by atoms with Gasteiger partial charge < -0.3 is 9.47 Å². The summed E-state index contributed by atoms with van der Waals surface area (Å²) in [6.45, 7) is 14.6. The number of nitrogens with zero attached hydrogens (tertiary/aromatic N) is 3. The standard InChI is InChI=1S/C28H34ClN3O/c1-18(2)25(32-17-28(5,6)30-26(32)19(3)4)24-15-21-14-22(29)12-13-23(21)27(33)31(24)16-20-10-8-7-9-11-20/h7-15,18-19,25H,16-17H2,1-6H3. The van der Waals surface area contributed by atoms with E-state index in [4.69, 9.17) is 16.6 Å². The van der Waals surface area contributed by atoms with Crippen LogP contribution in [0.3, 0.4) is 0 Å². The van der Waals surface area contributed by atoms with E-state index >= 15 is 0 Å². The number of benzene rings is 2. The maximum Gasteiger partial charge on any atom is 0.259 e. The van der Waals surface area contributed by atoms with Crippen molar-refractivity contribution < 1.29 is 0 Å². The summed E-state index contributed by atoms with van der Waals surface area (Å²) in [4.78, 5) is 21.3. The molecule has 2 aromatic carbocycles. The Morgan fingerprint density at radius 2 is 1.73 bits per heavy atom. The van der Waals surface area contributed by atoms with Crippen LogP contribution in [0.15, 0.2) is 64.4 Å². The zero-order valence-electron chi connectivity index (χ0n) is 20.5. The molecule has 1 unspecified atom stereocenters. The van der Waals surface area contributed by atoms with E-state index in [0.29, 0.717) is 22.9 Å². The number of aliphatic imine (C=N–C) groups is 1. The molecule has 0 aliphatic carbocycles. The number of rotatable bonds is 6. The number of hydrogen-bond donors (Lipinski definition) is 0. The van der Waals surface area contributed by atoms with Gasteiger partial charge in [0.15, 0.2) is 0 Å². The zero-order chi connectivity index (χ0) is 23.9. The molecule has 4 nitrogen and oxygen atoms in total. The third-order valence-electron chi connectivity index (χ3n) is 6.34. The highest BCUT2D eigenvalue weighted by Gasteiger charge is 2.39. The second-order valence-corrected chi connectivity index (χ2v) is 10.9. The van der Waals surface area contributed by atoms with Gasteiger partial charge in [0.1, 0.15) is 5.84 Å². The highest BCUT2D eigenvalue weighted by Crippen LogP contribution is 2.37. The van der Waals surface area contributed by atoms with Crippen LogP contribution < -0.4 is 5.56 Å². The highest BCUT2D eigenvalue weighted by atomic mass is 35.5. The van der Waals surface area contributed by atoms with Crippen LogP contribution in [0.1, 0.15) is 58.8 Å². The Bertz CT molecular complexity index is 1240. The molecule has 2 heterocycles. The molecule has 0 bridgehead atoms. The van der Waals surface area contributed by atoms with Crippen molar-refractivity contribution in [3.8, 4) is 0 Å². The topological polar surface area (TPSA) is 37.6 Å². The first-order valence-corrected chi connectivity index (χ1v) is 12.2. The minimum atomic E-state index is -0.155. The number of fused-ring (bicyclic) bond motifs is 1. The van der Waals surface area contributed by atoms with Gasteiger partial charge in [-0.05, 0) is 55.0 Å². The van der Waals surface area contributed by atoms with Crippen molar-refractivity contribution in [3.05, 3.63) is 81.2 Å². The monoisotopic (exact) mass is 463 g/mol. The van der Waals surface area contributed by atoms with Gasteiger partial charge in [0.25, 0.3) is 5.56 Å². The van der Waals surface area contributed by atoms with Crippen molar-refractivity contribution in [3.63, 3.8) is 0 Å². The molecule has 1 atom stereocenters. The van der Waals surface area contributed by atoms with E-state index in [2.05, 4.69) is 64.6 Å². The van der Waals surface area contributed by atoms with Crippen LogP contribution in [0.25, 0.3) is 10.8 Å². The van der Waals surface area contributed by atoms with Crippen molar-refractivity contribution in [2.45, 2.75) is 59.7 Å². The van der Waals surface area contributed by atoms with Crippen molar-refractivity contribution in [2.75, 3.05) is 6.54 Å². The number of aromatic nitrogens is 1. The summed E-state index contributed by atoms with van der Waals surface area (Å²) in [5.74, 6) is 1.70. The molecular weight excluding hydrogens is 430 g/mol. The molecule has 1 aliphatic rings. The Labute approximate surface area is 201 Å². The van der Waals surface area contributed by atoms with Crippen LogP contribution in [0, 0.1) is 11.8 Å². The summed E-state index contributed by atoms with van der Waals surface area (Å²) >= 11 is 6.33. The van der Waals surface area contributed by atoms with E-state index in [1.165, 1.54) is 0 Å². The van der Waals surface area contributed by atoms with Gasteiger partial charge in [0, 0.05) is 28.6 Å². The normalized spacial score (nSPS) is 16.6. The molecule has 5 heteroatoms. The Balaban J connectivity index is 1.95. The molecule has 1 aromatic heterocycles. The summed E-state index contributed by atoms with van der Waals surface area (Å²) in [6, 6.07) is 17.9. The van der Waals surface area contributed by atoms with E-state index in [1.54, 1.807) is 6.07 Å². The first-order valence-electron chi connectivity index (χ1n) is 11.8. The first kappa shape index (κ1) is 23.6. The number of hydrogen-bond acceptors (Lipinski definition) is 3. The van der Waals surface area contributed by atoms with Crippen LogP contribution >= 0.6 is 11.6 Å². The van der Waals surface area contributed by atoms with Crippen LogP contribution in [-0.4, -0.2) is 27.4 Å². The molecule has 174 valence electrons. The second kappa shape index (κ2) is 8.98. The molecule has 0 N–H and O–H groups in total. The number of pyridine rings is 1. The maximum atomic E-state index is 13.8. The predicted octanol–water partition coefficient (Wildman–Crippen LogP) is 6.55. The molecule has 1 aliphatic heterocycles. The molecular formula is C28H34ClN3O. The summed E-state index contributed by atoms with van der Waals surface area (Å²) in [6.07, 6.45) is 0. The summed E-state index contributed by atoms with van der Waals surface area (Å²) < 4.78 is 1.96. The van der Waals surface area contributed by atoms with Crippen molar-refractivity contribution >= 4 is 28.2 Å². The van der Waals surface area contributed by atoms with Gasteiger partial charge >= 0.3 is 0 Å². The number of amidine groups is 1. The Hall–Kier alpha value is -2.59. The fourth-order valence-electron chi connectivity index (χ4n) is 4.99. The van der Waals surface area contributed by atoms with Crippen molar-refractivity contribution in [1.82, 2.24) is 9.47 Å². The van der Waals surface area contributed by atoms with Gasteiger partial charge in [-0.3, -0.25) is 9.79 Å². The molecule has 0 amide bonds. The fourth-order valence-corrected chi connectivity index (χ4v) is 5.17. The average Bonchev–Trinajstić information content (AvgIpc) is 3.06. The van der Waals surface area contributed by atoms with Gasteiger partial charge in [-0.2, -0.15) is 0 Å². The largest absolute Gasteiger partial charge is 0.349 e. The molecule has 0 spiro atoms. The van der Waals surface area contributed by atoms with E-state index in [1.807, 2.05) is 34.9 Å². The lowest BCUT2D eigenvalue weighted by atomic mass is 9.94. The van der Waals surface area contributed by atoms with Gasteiger partial charge in [0.05, 0.1) is 18.1 Å². The van der Waals surface area contributed by atoms with E-state index in [-0.39, 0.29) is 23.1 Å². The molecule has 3 aromatic rings. The summed E-state index contributed by atoms with van der Waals surface area (Å²) in [5.41, 5.74) is 1.99. The first-order chi connectivity index (χ1) is 15.6. The minimum absolute atomic E-state index is 0.0210. The molecule has 0 saturated carbocycles. The number of halogens is 1. The van der Waals surface area contributed by atoms with Crippen molar-refractivity contribution in [1.29, 1.82) is 0 Å². The smallest absolute Gasteiger partial charge is 0.259 e. The van der Waals surface area contributed by atoms with Crippen LogP contribution in [-0.2, 0) is 6.54 Å². The Kier molecular flexibility index (Phi) is 6.41. The lowest BCUT2D eigenvalue weighted by Gasteiger charge is -2.37. The van der Waals surface area contributed by atoms with Crippen LogP contribution in [0.2, 0.25) is 5.02 Å². The van der Waals surface area contributed by atoms with E-state index in [0.717, 1.165) is 29.0 Å². The fraction of sp³-hybridized carbons (Fsp3) is 0.429. The molecule has 4 rings (SSSR count). The lowest BCUT2D eigenvalue weighted by molar-refractivity contribution is 0.225. The van der Waals surface area contributed by atoms with Gasteiger partial charge in [-0.25, -0.2) is 0 Å². The van der Waals surface area contributed by atoms with Crippen LogP contribution in [0.4, 0.5) is 0 Å². The lowest BCUT2D eigenvalue weighted by Crippen LogP contribution is -2.42. The van der Waals surface area contributed by atoms with E-state index in [9.17, 15) is 4.79 Å². The molecule has 0 fully saturated rings. The van der Waals surface area contributed by atoms with E-state index < -0.39 is 0 Å². The molecule has 0 radical (unpaired) electrons.